The van der Waals surface area contributed by atoms with Crippen molar-refractivity contribution in [3.05, 3.63) is 12.4 Å². The van der Waals surface area contributed by atoms with E-state index in [2.05, 4.69) is 14.9 Å². The molecule has 0 amide bonds. The summed E-state index contributed by atoms with van der Waals surface area (Å²) in [4.78, 5) is 11.5. The number of ether oxygens (including phenoxy) is 1. The number of carbonyl (C=O) groups excluding carboxylic acids is 1. The van der Waals surface area contributed by atoms with Gasteiger partial charge in [-0.25, -0.2) is 8.42 Å². The first kappa shape index (κ1) is 13.0. The summed E-state index contributed by atoms with van der Waals surface area (Å²) in [6, 6.07) is -0.995. The highest BCUT2D eigenvalue weighted by atomic mass is 32.2. The number of H-pyrrole nitrogens is 1. The molecule has 18 heavy (non-hydrogen) atoms. The Balaban J connectivity index is 2.34. The summed E-state index contributed by atoms with van der Waals surface area (Å²) in [5, 5.41) is 15.5. The van der Waals surface area contributed by atoms with E-state index in [4.69, 9.17) is 0 Å². The third-order valence-electron chi connectivity index (χ3n) is 2.79. The van der Waals surface area contributed by atoms with E-state index < -0.39 is 28.1 Å². The average Bonchev–Trinajstić information content (AvgIpc) is 2.96. The van der Waals surface area contributed by atoms with Gasteiger partial charge in [-0.2, -0.15) is 9.40 Å². The molecule has 2 atom stereocenters. The molecular formula is C9H13N3O5S. The van der Waals surface area contributed by atoms with Gasteiger partial charge in [-0.3, -0.25) is 9.89 Å². The maximum atomic E-state index is 12.2. The van der Waals surface area contributed by atoms with E-state index in [1.807, 2.05) is 0 Å². The fourth-order valence-electron chi connectivity index (χ4n) is 1.92. The molecule has 2 N–H and O–H groups in total. The van der Waals surface area contributed by atoms with Gasteiger partial charge in [0.25, 0.3) is 0 Å². The highest BCUT2D eigenvalue weighted by Crippen LogP contribution is 2.26. The fourth-order valence-corrected chi connectivity index (χ4v) is 3.45. The summed E-state index contributed by atoms with van der Waals surface area (Å²) in [7, 11) is -2.68. The quantitative estimate of drug-likeness (QED) is 0.663. The predicted octanol–water partition coefficient (Wildman–Crippen LogP) is -1.29. The van der Waals surface area contributed by atoms with Crippen molar-refractivity contribution in [3.63, 3.8) is 0 Å². The van der Waals surface area contributed by atoms with Gasteiger partial charge in [0, 0.05) is 19.2 Å². The lowest BCUT2D eigenvalue weighted by molar-refractivity contribution is -0.144. The van der Waals surface area contributed by atoms with Crippen LogP contribution in [0.5, 0.6) is 0 Å². The Hall–Kier alpha value is -1.45. The molecule has 2 unspecified atom stereocenters. The van der Waals surface area contributed by atoms with E-state index in [1.165, 1.54) is 13.3 Å². The molecule has 1 aromatic rings. The summed E-state index contributed by atoms with van der Waals surface area (Å²) in [5.41, 5.74) is 0. The van der Waals surface area contributed by atoms with Gasteiger partial charge in [0.2, 0.25) is 10.0 Å². The van der Waals surface area contributed by atoms with E-state index >= 15 is 0 Å². The monoisotopic (exact) mass is 275 g/mol. The number of hydrogen-bond donors (Lipinski definition) is 2. The molecule has 2 heterocycles. The molecule has 1 fully saturated rings. The van der Waals surface area contributed by atoms with E-state index in [-0.39, 0.29) is 17.9 Å². The van der Waals surface area contributed by atoms with E-state index in [0.29, 0.717) is 0 Å². The Morgan fingerprint density at radius 3 is 2.94 bits per heavy atom. The average molecular weight is 275 g/mol. The first-order valence-corrected chi connectivity index (χ1v) is 6.67. The summed E-state index contributed by atoms with van der Waals surface area (Å²) in [6.45, 7) is -0.132. The van der Waals surface area contributed by atoms with Crippen LogP contribution >= 0.6 is 0 Å². The zero-order valence-electron chi connectivity index (χ0n) is 9.61. The molecule has 9 heteroatoms. The van der Waals surface area contributed by atoms with Gasteiger partial charge in [-0.1, -0.05) is 0 Å². The molecule has 0 aliphatic carbocycles. The number of β-amino-alcohol motifs (C(OH)–C–C–N with tert-alkyl or cyclic N) is 1. The molecule has 1 aliphatic heterocycles. The molecule has 0 aromatic carbocycles. The van der Waals surface area contributed by atoms with Crippen LogP contribution in [0, 0.1) is 0 Å². The molecule has 100 valence electrons. The molecule has 2 rings (SSSR count). The summed E-state index contributed by atoms with van der Waals surface area (Å²) in [5.74, 6) is -0.682. The van der Waals surface area contributed by atoms with Crippen molar-refractivity contribution in [2.45, 2.75) is 23.5 Å². The molecule has 1 aliphatic rings. The molecule has 0 bridgehead atoms. The zero-order valence-corrected chi connectivity index (χ0v) is 10.4. The Morgan fingerprint density at radius 1 is 1.67 bits per heavy atom. The van der Waals surface area contributed by atoms with Crippen LogP contribution in [-0.4, -0.2) is 59.8 Å². The standard InChI is InChI=1S/C9H13N3O5S/c1-17-9(14)8-2-6(13)5-12(8)18(15,16)7-3-10-11-4-7/h3-4,6,8,13H,2,5H2,1H3,(H,10,11). The van der Waals surface area contributed by atoms with Gasteiger partial charge in [0.15, 0.2) is 0 Å². The third kappa shape index (κ3) is 2.11. The van der Waals surface area contributed by atoms with Crippen molar-refractivity contribution in [3.8, 4) is 0 Å². The van der Waals surface area contributed by atoms with E-state index in [1.54, 1.807) is 0 Å². The first-order chi connectivity index (χ1) is 8.46. The highest BCUT2D eigenvalue weighted by Gasteiger charge is 2.44. The Morgan fingerprint density at radius 2 is 2.39 bits per heavy atom. The van der Waals surface area contributed by atoms with Crippen LogP contribution in [0.25, 0.3) is 0 Å². The lowest BCUT2D eigenvalue weighted by Crippen LogP contribution is -2.41. The number of aromatic amines is 1. The molecule has 0 saturated carbocycles. The topological polar surface area (TPSA) is 113 Å². The maximum absolute atomic E-state index is 12.2. The van der Waals surface area contributed by atoms with Crippen molar-refractivity contribution in [2.24, 2.45) is 0 Å². The smallest absolute Gasteiger partial charge is 0.324 e. The molecule has 0 spiro atoms. The Kier molecular flexibility index (Phi) is 3.37. The minimum Gasteiger partial charge on any atom is -0.468 e. The second-order valence-corrected chi connectivity index (χ2v) is 5.83. The van der Waals surface area contributed by atoms with Crippen LogP contribution in [0.2, 0.25) is 0 Å². The van der Waals surface area contributed by atoms with Gasteiger partial charge >= 0.3 is 5.97 Å². The summed E-state index contributed by atoms with van der Waals surface area (Å²) in [6.07, 6.45) is 1.52. The summed E-state index contributed by atoms with van der Waals surface area (Å²) < 4.78 is 29.9. The first-order valence-electron chi connectivity index (χ1n) is 5.23. The van der Waals surface area contributed by atoms with Crippen molar-refractivity contribution in [1.29, 1.82) is 0 Å². The molecule has 0 radical (unpaired) electrons. The number of aliphatic hydroxyl groups excluding tert-OH is 1. The van der Waals surface area contributed by atoms with Crippen LogP contribution < -0.4 is 0 Å². The SMILES string of the molecule is COC(=O)C1CC(O)CN1S(=O)(=O)c1cn[nH]c1. The van der Waals surface area contributed by atoms with E-state index in [0.717, 1.165) is 10.5 Å². The largest absolute Gasteiger partial charge is 0.468 e. The number of esters is 1. The van der Waals surface area contributed by atoms with Gasteiger partial charge < -0.3 is 9.84 Å². The minimum absolute atomic E-state index is 0.0315. The van der Waals surface area contributed by atoms with Crippen LogP contribution in [0.15, 0.2) is 17.3 Å². The normalized spacial score (nSPS) is 25.2. The minimum atomic E-state index is -3.85. The number of carbonyl (C=O) groups is 1. The molecular weight excluding hydrogens is 262 g/mol. The van der Waals surface area contributed by atoms with E-state index in [9.17, 15) is 18.3 Å². The molecule has 1 aromatic heterocycles. The maximum Gasteiger partial charge on any atom is 0.324 e. The number of sulfonamides is 1. The predicted molar refractivity (Wildman–Crippen MR) is 58.9 cm³/mol. The number of nitrogens with one attached hydrogen (secondary N) is 1. The molecule has 8 nitrogen and oxygen atoms in total. The number of rotatable bonds is 3. The van der Waals surface area contributed by atoms with Gasteiger partial charge in [-0.05, 0) is 0 Å². The number of nitrogens with zero attached hydrogens (tertiary/aromatic N) is 2. The Labute approximate surface area is 104 Å². The number of aromatic nitrogens is 2. The summed E-state index contributed by atoms with van der Waals surface area (Å²) >= 11 is 0. The van der Waals surface area contributed by atoms with Crippen molar-refractivity contribution >= 4 is 16.0 Å². The van der Waals surface area contributed by atoms with Crippen molar-refractivity contribution < 1.29 is 23.1 Å². The number of aliphatic hydroxyl groups is 1. The van der Waals surface area contributed by atoms with Crippen molar-refractivity contribution in [1.82, 2.24) is 14.5 Å². The van der Waals surface area contributed by atoms with Gasteiger partial charge in [0.05, 0.1) is 19.4 Å². The lowest BCUT2D eigenvalue weighted by atomic mass is 10.2. The van der Waals surface area contributed by atoms with Gasteiger partial charge in [0.1, 0.15) is 10.9 Å². The second kappa shape index (κ2) is 4.67. The second-order valence-electron chi connectivity index (χ2n) is 3.94. The van der Waals surface area contributed by atoms with Crippen LogP contribution in [0.4, 0.5) is 0 Å². The third-order valence-corrected chi connectivity index (χ3v) is 4.63. The lowest BCUT2D eigenvalue weighted by Gasteiger charge is -2.20. The Bertz CT molecular complexity index is 526. The molecule has 1 saturated heterocycles. The van der Waals surface area contributed by atoms with Crippen LogP contribution in [-0.2, 0) is 19.6 Å². The van der Waals surface area contributed by atoms with Crippen molar-refractivity contribution in [2.75, 3.05) is 13.7 Å². The van der Waals surface area contributed by atoms with Gasteiger partial charge in [-0.15, -0.1) is 0 Å². The van der Waals surface area contributed by atoms with Crippen LogP contribution in [0.1, 0.15) is 6.42 Å². The fraction of sp³-hybridized carbons (Fsp3) is 0.556. The zero-order chi connectivity index (χ0) is 13.3. The highest BCUT2D eigenvalue weighted by molar-refractivity contribution is 7.89. The van der Waals surface area contributed by atoms with Crippen LogP contribution in [0.3, 0.4) is 0 Å². The number of hydrogen-bond acceptors (Lipinski definition) is 6. The number of methoxy groups -OCH3 is 1.